The predicted octanol–water partition coefficient (Wildman–Crippen LogP) is 4.84. The fourth-order valence-electron chi connectivity index (χ4n) is 4.34. The Kier molecular flexibility index (Phi) is 6.26. The number of rotatable bonds is 5. The van der Waals surface area contributed by atoms with Crippen molar-refractivity contribution in [1.82, 2.24) is 9.47 Å². The lowest BCUT2D eigenvalue weighted by Gasteiger charge is -2.34. The van der Waals surface area contributed by atoms with Gasteiger partial charge in [-0.3, -0.25) is 0 Å². The highest BCUT2D eigenvalue weighted by molar-refractivity contribution is 14.1. The van der Waals surface area contributed by atoms with E-state index in [2.05, 4.69) is 10.2 Å². The van der Waals surface area contributed by atoms with Gasteiger partial charge in [-0.2, -0.15) is 13.2 Å². The summed E-state index contributed by atoms with van der Waals surface area (Å²) in [6.45, 7) is 6.31. The van der Waals surface area contributed by atoms with E-state index in [1.807, 2.05) is 54.6 Å². The van der Waals surface area contributed by atoms with Gasteiger partial charge >= 0.3 is 6.18 Å². The summed E-state index contributed by atoms with van der Waals surface area (Å²) in [6.07, 6.45) is -2.18. The average molecular weight is 537 g/mol. The minimum absolute atomic E-state index is 0.105. The van der Waals surface area contributed by atoms with Gasteiger partial charge < -0.3 is 24.3 Å². The van der Waals surface area contributed by atoms with Crippen LogP contribution in [0.4, 0.5) is 18.9 Å². The van der Waals surface area contributed by atoms with Crippen molar-refractivity contribution in [2.75, 3.05) is 31.6 Å². The van der Waals surface area contributed by atoms with Crippen LogP contribution in [0.1, 0.15) is 26.7 Å². The van der Waals surface area contributed by atoms with Crippen LogP contribution in [-0.2, 0) is 16.0 Å². The number of alkyl halides is 3. The van der Waals surface area contributed by atoms with Crippen molar-refractivity contribution in [3.8, 4) is 0 Å². The molecule has 1 atom stereocenters. The summed E-state index contributed by atoms with van der Waals surface area (Å²) in [4.78, 5) is 2.40. The van der Waals surface area contributed by atoms with E-state index >= 15 is 0 Å². The largest absolute Gasteiger partial charge is 0.406 e. The SMILES string of the molecule is CC1(C)OCC(CN2CCC(Nc3cccc4c3cc(I)n4CC(F)(F)F)CC2)O1. The third kappa shape index (κ3) is 5.23. The van der Waals surface area contributed by atoms with Gasteiger partial charge in [0.05, 0.1) is 21.9 Å². The molecular formula is C21H27F3IN3O2. The summed E-state index contributed by atoms with van der Waals surface area (Å²) in [7, 11) is 0. The Bertz CT molecular complexity index is 891. The first-order valence-corrected chi connectivity index (χ1v) is 11.3. The molecular weight excluding hydrogens is 510 g/mol. The lowest BCUT2D eigenvalue weighted by atomic mass is 10.0. The molecule has 9 heteroatoms. The summed E-state index contributed by atoms with van der Waals surface area (Å²) in [5.41, 5.74) is 1.51. The van der Waals surface area contributed by atoms with Gasteiger partial charge in [-0.15, -0.1) is 0 Å². The van der Waals surface area contributed by atoms with Gasteiger partial charge in [0, 0.05) is 36.7 Å². The van der Waals surface area contributed by atoms with E-state index in [4.69, 9.17) is 9.47 Å². The van der Waals surface area contributed by atoms with E-state index in [9.17, 15) is 13.2 Å². The molecule has 3 heterocycles. The number of piperidine rings is 1. The maximum Gasteiger partial charge on any atom is 0.406 e. The second kappa shape index (κ2) is 8.48. The Morgan fingerprint density at radius 1 is 1.23 bits per heavy atom. The molecule has 2 saturated heterocycles. The maximum atomic E-state index is 13.0. The number of ether oxygens (including phenoxy) is 2. The fraction of sp³-hybridized carbons (Fsp3) is 0.619. The topological polar surface area (TPSA) is 38.7 Å². The van der Waals surface area contributed by atoms with Crippen molar-refractivity contribution in [1.29, 1.82) is 0 Å². The van der Waals surface area contributed by atoms with Gasteiger partial charge in [-0.1, -0.05) is 6.07 Å². The van der Waals surface area contributed by atoms with E-state index in [0.29, 0.717) is 21.9 Å². The van der Waals surface area contributed by atoms with Crippen LogP contribution in [-0.4, -0.2) is 59.8 Å². The number of halogens is 4. The first-order chi connectivity index (χ1) is 14.1. The molecule has 0 spiro atoms. The number of hydrogen-bond acceptors (Lipinski definition) is 4. The van der Waals surface area contributed by atoms with Crippen molar-refractivity contribution in [2.24, 2.45) is 0 Å². The smallest absolute Gasteiger partial charge is 0.382 e. The standard InChI is InChI=1S/C21H27F3IN3O2/c1-20(2)29-12-15(30-20)11-27-8-6-14(7-9-27)26-17-4-3-5-18-16(17)10-19(25)28(18)13-21(22,23)24/h3-5,10,14-15,26H,6-9,11-13H2,1-2H3. The van der Waals surface area contributed by atoms with Crippen LogP contribution in [0.15, 0.2) is 24.3 Å². The summed E-state index contributed by atoms with van der Waals surface area (Å²) < 4.78 is 52.4. The van der Waals surface area contributed by atoms with Crippen LogP contribution in [0.25, 0.3) is 10.9 Å². The summed E-state index contributed by atoms with van der Waals surface area (Å²) in [5.74, 6) is -0.497. The molecule has 0 saturated carbocycles. The number of nitrogens with one attached hydrogen (secondary N) is 1. The molecule has 5 nitrogen and oxygen atoms in total. The third-order valence-electron chi connectivity index (χ3n) is 5.71. The molecule has 0 aliphatic carbocycles. The van der Waals surface area contributed by atoms with E-state index in [-0.39, 0.29) is 6.10 Å². The average Bonchev–Trinajstić information content (AvgIpc) is 3.15. The number of nitrogens with zero attached hydrogens (tertiary/aromatic N) is 2. The number of benzene rings is 1. The minimum atomic E-state index is -4.24. The fourth-order valence-corrected chi connectivity index (χ4v) is 5.08. The molecule has 0 amide bonds. The normalized spacial score (nSPS) is 23.3. The zero-order valence-electron chi connectivity index (χ0n) is 17.1. The number of hydrogen-bond donors (Lipinski definition) is 1. The molecule has 4 rings (SSSR count). The molecule has 166 valence electrons. The number of fused-ring (bicyclic) bond motifs is 1. The molecule has 1 N–H and O–H groups in total. The van der Waals surface area contributed by atoms with E-state index < -0.39 is 18.5 Å². The van der Waals surface area contributed by atoms with Crippen molar-refractivity contribution >= 4 is 39.2 Å². The molecule has 1 aromatic carbocycles. The van der Waals surface area contributed by atoms with Crippen molar-refractivity contribution in [3.63, 3.8) is 0 Å². The van der Waals surface area contributed by atoms with Gasteiger partial charge in [0.1, 0.15) is 6.54 Å². The number of aromatic nitrogens is 1. The molecule has 2 aliphatic rings. The Balaban J connectivity index is 1.38. The van der Waals surface area contributed by atoms with Gasteiger partial charge in [-0.25, -0.2) is 0 Å². The van der Waals surface area contributed by atoms with Crippen LogP contribution < -0.4 is 5.32 Å². The van der Waals surface area contributed by atoms with Gasteiger partial charge in [0.25, 0.3) is 0 Å². The predicted molar refractivity (Wildman–Crippen MR) is 119 cm³/mol. The minimum Gasteiger partial charge on any atom is -0.382 e. The highest BCUT2D eigenvalue weighted by Crippen LogP contribution is 2.32. The molecule has 2 aromatic rings. The quantitative estimate of drug-likeness (QED) is 0.555. The van der Waals surface area contributed by atoms with Gasteiger partial charge in [-0.05, 0) is 67.5 Å². The Morgan fingerprint density at radius 2 is 1.97 bits per heavy atom. The van der Waals surface area contributed by atoms with Crippen LogP contribution >= 0.6 is 22.6 Å². The summed E-state index contributed by atoms with van der Waals surface area (Å²) >= 11 is 1.98. The molecule has 2 aliphatic heterocycles. The second-order valence-electron chi connectivity index (χ2n) is 8.58. The third-order valence-corrected chi connectivity index (χ3v) is 6.60. The van der Waals surface area contributed by atoms with Crippen molar-refractivity contribution in [3.05, 3.63) is 28.0 Å². The lowest BCUT2D eigenvalue weighted by Crippen LogP contribution is -2.43. The zero-order valence-corrected chi connectivity index (χ0v) is 19.3. The molecule has 0 bridgehead atoms. The highest BCUT2D eigenvalue weighted by Gasteiger charge is 2.34. The van der Waals surface area contributed by atoms with E-state index in [0.717, 1.165) is 43.5 Å². The maximum absolute atomic E-state index is 13.0. The monoisotopic (exact) mass is 537 g/mol. The first-order valence-electron chi connectivity index (χ1n) is 10.2. The van der Waals surface area contributed by atoms with E-state index in [1.165, 1.54) is 4.57 Å². The number of likely N-dealkylation sites (tertiary alicyclic amines) is 1. The summed E-state index contributed by atoms with van der Waals surface area (Å²) in [5, 5.41) is 4.41. The second-order valence-corrected chi connectivity index (χ2v) is 9.68. The molecule has 2 fully saturated rings. The molecule has 1 aromatic heterocycles. The number of anilines is 1. The van der Waals surface area contributed by atoms with Crippen molar-refractivity contribution < 1.29 is 22.6 Å². The van der Waals surface area contributed by atoms with Crippen LogP contribution in [0.5, 0.6) is 0 Å². The Hall–Kier alpha value is -1.04. The Labute approximate surface area is 188 Å². The zero-order chi connectivity index (χ0) is 21.5. The van der Waals surface area contributed by atoms with Crippen molar-refractivity contribution in [2.45, 2.75) is 57.3 Å². The molecule has 0 radical (unpaired) electrons. The lowest BCUT2D eigenvalue weighted by molar-refractivity contribution is -0.141. The summed E-state index contributed by atoms with van der Waals surface area (Å²) in [6, 6.07) is 7.66. The molecule has 30 heavy (non-hydrogen) atoms. The highest BCUT2D eigenvalue weighted by atomic mass is 127. The van der Waals surface area contributed by atoms with Gasteiger partial charge in [0.2, 0.25) is 0 Å². The van der Waals surface area contributed by atoms with Gasteiger partial charge in [0.15, 0.2) is 5.79 Å². The molecule has 1 unspecified atom stereocenters. The first kappa shape index (κ1) is 22.2. The van der Waals surface area contributed by atoms with Crippen LogP contribution in [0, 0.1) is 3.70 Å². The Morgan fingerprint density at radius 3 is 2.60 bits per heavy atom. The van der Waals surface area contributed by atoms with Crippen LogP contribution in [0.3, 0.4) is 0 Å². The van der Waals surface area contributed by atoms with Crippen LogP contribution in [0.2, 0.25) is 0 Å². The van der Waals surface area contributed by atoms with E-state index in [1.54, 1.807) is 6.07 Å².